The fraction of sp³-hybridized carbons (Fsp3) is 0.200. The van der Waals surface area contributed by atoms with Crippen molar-refractivity contribution in [3.8, 4) is 0 Å². The third-order valence-corrected chi connectivity index (χ3v) is 0.654. The molecule has 0 aliphatic rings. The van der Waals surface area contributed by atoms with Gasteiger partial charge in [-0.3, -0.25) is 0 Å². The van der Waals surface area contributed by atoms with E-state index in [4.69, 9.17) is 5.53 Å². The molecular formula is C5H9N2+. The van der Waals surface area contributed by atoms with Crippen LogP contribution in [0.1, 0.15) is 6.92 Å². The molecular weight excluding hydrogens is 88.1 g/mol. The number of allylic oxidation sites excluding steroid dienone is 2. The molecule has 0 atom stereocenters. The van der Waals surface area contributed by atoms with Crippen LogP contribution in [0.5, 0.6) is 0 Å². The van der Waals surface area contributed by atoms with Crippen molar-refractivity contribution in [2.75, 3.05) is 0 Å². The second-order valence-electron chi connectivity index (χ2n) is 1.05. The van der Waals surface area contributed by atoms with Crippen molar-refractivity contribution in [2.45, 2.75) is 6.92 Å². The average Bonchev–Trinajstić information content (AvgIpc) is 1.72. The van der Waals surface area contributed by atoms with Crippen molar-refractivity contribution in [2.24, 2.45) is 5.11 Å². The molecule has 0 unspecified atom stereocenters. The molecule has 0 fully saturated rings. The Morgan fingerprint density at radius 2 is 2.43 bits per heavy atom. The lowest BCUT2D eigenvalue weighted by atomic mass is 10.4. The Bertz CT molecular complexity index is 92.6. The first kappa shape index (κ1) is 6.08. The number of hydrogen-bond acceptors (Lipinski definition) is 1. The molecule has 0 radical (unpaired) electrons. The summed E-state index contributed by atoms with van der Waals surface area (Å²) < 4.78 is 0. The highest BCUT2D eigenvalue weighted by molar-refractivity contribution is 5.10. The van der Waals surface area contributed by atoms with E-state index in [-0.39, 0.29) is 0 Å². The Morgan fingerprint density at radius 1 is 1.86 bits per heavy atom. The summed E-state index contributed by atoms with van der Waals surface area (Å²) in [7, 11) is 0. The lowest BCUT2D eigenvalue weighted by Crippen LogP contribution is -2.23. The first-order chi connectivity index (χ1) is 3.35. The van der Waals surface area contributed by atoms with Gasteiger partial charge in [0.2, 0.25) is 0 Å². The second kappa shape index (κ2) is 3.28. The van der Waals surface area contributed by atoms with Crippen LogP contribution in [0.15, 0.2) is 29.5 Å². The molecule has 0 heterocycles. The fourth-order valence-electron chi connectivity index (χ4n) is 0.245. The van der Waals surface area contributed by atoms with Crippen LogP contribution in [0.25, 0.3) is 0 Å². The molecule has 0 aromatic heterocycles. The maximum atomic E-state index is 4.88. The van der Waals surface area contributed by atoms with Crippen molar-refractivity contribution in [1.29, 1.82) is 0 Å². The van der Waals surface area contributed by atoms with Gasteiger partial charge in [-0.25, -0.2) is 0 Å². The van der Waals surface area contributed by atoms with Crippen molar-refractivity contribution in [1.82, 2.24) is 0 Å². The van der Waals surface area contributed by atoms with Gasteiger partial charge in [0.1, 0.15) is 5.70 Å². The minimum Gasteiger partial charge on any atom is -0.152 e. The van der Waals surface area contributed by atoms with Crippen LogP contribution in [0, 0.1) is 0 Å². The zero-order valence-electron chi connectivity index (χ0n) is 4.39. The molecule has 0 aliphatic carbocycles. The highest BCUT2D eigenvalue weighted by atomic mass is 15.0. The van der Waals surface area contributed by atoms with Gasteiger partial charge in [-0.1, -0.05) is 12.7 Å². The molecule has 7 heavy (non-hydrogen) atoms. The maximum absolute atomic E-state index is 4.88. The molecule has 0 amide bonds. The zero-order valence-corrected chi connectivity index (χ0v) is 4.39. The molecule has 0 spiro atoms. The summed E-state index contributed by atoms with van der Waals surface area (Å²) in [4.78, 5) is 0. The summed E-state index contributed by atoms with van der Waals surface area (Å²) in [6, 6.07) is 0. The summed E-state index contributed by atoms with van der Waals surface area (Å²) in [6.45, 7) is 5.32. The van der Waals surface area contributed by atoms with Gasteiger partial charge in [-0.05, 0) is 18.1 Å². The Balaban J connectivity index is 3.85. The van der Waals surface area contributed by atoms with Crippen molar-refractivity contribution >= 4 is 0 Å². The monoisotopic (exact) mass is 97.1 g/mol. The molecule has 0 aliphatic heterocycles. The van der Waals surface area contributed by atoms with Gasteiger partial charge < -0.3 is 0 Å². The number of nitrogens with zero attached hydrogens (tertiary/aromatic N) is 1. The Morgan fingerprint density at radius 3 is 2.43 bits per heavy atom. The molecule has 2 nitrogen and oxygen atoms in total. The summed E-state index contributed by atoms with van der Waals surface area (Å²) in [6.07, 6.45) is 3.38. The van der Waals surface area contributed by atoms with Gasteiger partial charge in [0.05, 0.1) is 0 Å². The Kier molecular flexibility index (Phi) is 2.85. The molecule has 2 heteroatoms. The van der Waals surface area contributed by atoms with Crippen molar-refractivity contribution in [3.05, 3.63) is 24.4 Å². The van der Waals surface area contributed by atoms with Gasteiger partial charge in [0, 0.05) is 0 Å². The summed E-state index contributed by atoms with van der Waals surface area (Å²) in [5.74, 6) is 0. The Labute approximate surface area is 43.1 Å². The van der Waals surface area contributed by atoms with E-state index in [2.05, 4.69) is 11.7 Å². The molecule has 0 saturated carbocycles. The zero-order chi connectivity index (χ0) is 5.70. The second-order valence-corrected chi connectivity index (χ2v) is 1.05. The smallest absolute Gasteiger partial charge is 0.125 e. The standard InChI is InChI=1S/C5H8N2/c1-3-5(4-2)7-6/h3-4,6H,1H2,2H3/p+1/b5-4+,7-6?. The predicted octanol–water partition coefficient (Wildman–Crippen LogP) is 0.287. The third-order valence-electron chi connectivity index (χ3n) is 0.654. The van der Waals surface area contributed by atoms with Crippen molar-refractivity contribution < 1.29 is 5.53 Å². The highest BCUT2D eigenvalue weighted by Gasteiger charge is 1.80. The van der Waals surface area contributed by atoms with Crippen molar-refractivity contribution in [3.63, 3.8) is 0 Å². The predicted molar refractivity (Wildman–Crippen MR) is 28.3 cm³/mol. The van der Waals surface area contributed by atoms with Crippen LogP contribution in [0.2, 0.25) is 0 Å². The third kappa shape index (κ3) is 1.87. The van der Waals surface area contributed by atoms with Crippen LogP contribution in [0.3, 0.4) is 0 Å². The number of rotatable bonds is 2. The quantitative estimate of drug-likeness (QED) is 0.380. The van der Waals surface area contributed by atoms with Crippen LogP contribution in [0.4, 0.5) is 0 Å². The van der Waals surface area contributed by atoms with E-state index in [1.54, 1.807) is 12.2 Å². The molecule has 2 N–H and O–H groups in total. The van der Waals surface area contributed by atoms with Gasteiger partial charge in [-0.15, -0.1) is 0 Å². The van der Waals surface area contributed by atoms with E-state index in [1.165, 1.54) is 0 Å². The minimum absolute atomic E-state index is 0.722. The maximum Gasteiger partial charge on any atom is 0.125 e. The lowest BCUT2D eigenvalue weighted by molar-refractivity contribution is -0.214. The topological polar surface area (TPSA) is 38.0 Å². The van der Waals surface area contributed by atoms with Gasteiger partial charge in [0.25, 0.3) is 0 Å². The van der Waals surface area contributed by atoms with E-state index in [0.29, 0.717) is 0 Å². The van der Waals surface area contributed by atoms with Crippen LogP contribution >= 0.6 is 0 Å². The van der Waals surface area contributed by atoms with E-state index >= 15 is 0 Å². The van der Waals surface area contributed by atoms with Gasteiger partial charge in [0.15, 0.2) is 0 Å². The molecule has 0 aromatic carbocycles. The van der Waals surface area contributed by atoms with Gasteiger partial charge >= 0.3 is 0 Å². The summed E-state index contributed by atoms with van der Waals surface area (Å²) >= 11 is 0. The van der Waals surface area contributed by atoms with E-state index in [1.807, 2.05) is 6.92 Å². The normalized spacial score (nSPS) is 10.7. The van der Waals surface area contributed by atoms with E-state index in [0.717, 1.165) is 5.70 Å². The van der Waals surface area contributed by atoms with Gasteiger partial charge in [-0.2, -0.15) is 5.53 Å². The SMILES string of the molecule is C=C/C(=C\C)N=[NH2+]. The number of hydrogen-bond donors (Lipinski definition) is 1. The van der Waals surface area contributed by atoms with Crippen LogP contribution in [-0.4, -0.2) is 0 Å². The lowest BCUT2D eigenvalue weighted by Gasteiger charge is -1.74. The summed E-state index contributed by atoms with van der Waals surface area (Å²) in [5.41, 5.74) is 5.60. The molecule has 38 valence electrons. The minimum atomic E-state index is 0.722. The first-order valence-corrected chi connectivity index (χ1v) is 2.04. The molecule has 0 aromatic rings. The number of nitrogens with two attached hydrogens (primary N) is 1. The Hall–Kier alpha value is -0.920. The first-order valence-electron chi connectivity index (χ1n) is 2.04. The molecule has 0 saturated heterocycles. The average molecular weight is 97.1 g/mol. The largest absolute Gasteiger partial charge is 0.152 e. The summed E-state index contributed by atoms with van der Waals surface area (Å²) in [5, 5.41) is 3.37. The van der Waals surface area contributed by atoms with Crippen LogP contribution < -0.4 is 5.53 Å². The highest BCUT2D eigenvalue weighted by Crippen LogP contribution is 1.90. The fourth-order valence-corrected chi connectivity index (χ4v) is 0.245. The molecule has 0 rings (SSSR count). The van der Waals surface area contributed by atoms with Crippen LogP contribution in [-0.2, 0) is 0 Å². The van der Waals surface area contributed by atoms with E-state index < -0.39 is 0 Å². The molecule has 0 bridgehead atoms. The van der Waals surface area contributed by atoms with E-state index in [9.17, 15) is 0 Å².